The number of ether oxygens (including phenoxy) is 5. The molecule has 0 bridgehead atoms. The van der Waals surface area contributed by atoms with Crippen molar-refractivity contribution in [3.8, 4) is 0 Å². The van der Waals surface area contributed by atoms with Gasteiger partial charge in [0.15, 0.2) is 6.29 Å². The fourth-order valence-electron chi connectivity index (χ4n) is 13.8. The lowest BCUT2D eigenvalue weighted by molar-refractivity contribution is -0.331. The lowest BCUT2D eigenvalue weighted by Gasteiger charge is -2.72. The third kappa shape index (κ3) is 6.52. The number of fused-ring (bicyclic) bond motifs is 7. The quantitative estimate of drug-likeness (QED) is 0.105. The topological polar surface area (TPSA) is 225 Å². The van der Waals surface area contributed by atoms with Crippen LogP contribution < -0.4 is 0 Å². The third-order valence-electron chi connectivity index (χ3n) is 17.4. The number of esters is 1. The Bertz CT molecular complexity index is 1530. The zero-order valence-electron chi connectivity index (χ0n) is 35.0. The highest BCUT2D eigenvalue weighted by atomic mass is 16.7. The number of methoxy groups -OCH3 is 1. The van der Waals surface area contributed by atoms with Crippen LogP contribution in [0, 0.1) is 50.2 Å². The molecule has 7 aliphatic rings. The molecule has 2 saturated heterocycles. The van der Waals surface area contributed by atoms with Gasteiger partial charge in [-0.2, -0.15) is 0 Å². The number of aliphatic hydroxyl groups is 8. The normalized spacial score (nSPS) is 53.0. The molecule has 7 rings (SSSR count). The largest absolute Gasteiger partial charge is 0.432 e. The Labute approximate surface area is 336 Å². The Morgan fingerprint density at radius 3 is 1.91 bits per heavy atom. The first-order valence-corrected chi connectivity index (χ1v) is 21.3. The molecule has 6 fully saturated rings. The van der Waals surface area contributed by atoms with Gasteiger partial charge in [-0.3, -0.25) is 4.79 Å². The lowest BCUT2D eigenvalue weighted by Crippen LogP contribution is -2.68. The average molecular weight is 811 g/mol. The number of hydrogen-bond donors (Lipinski definition) is 8. The summed E-state index contributed by atoms with van der Waals surface area (Å²) in [5, 5.41) is 83.0. The fourth-order valence-corrected chi connectivity index (χ4v) is 13.8. The molecule has 8 N–H and O–H groups in total. The van der Waals surface area contributed by atoms with E-state index in [1.807, 2.05) is 0 Å². The second-order valence-electron chi connectivity index (χ2n) is 21.0. The van der Waals surface area contributed by atoms with E-state index in [1.165, 1.54) is 5.57 Å². The van der Waals surface area contributed by atoms with Crippen LogP contribution in [0.25, 0.3) is 0 Å². The van der Waals surface area contributed by atoms with Crippen LogP contribution in [0.2, 0.25) is 0 Å². The minimum absolute atomic E-state index is 0.0655. The van der Waals surface area contributed by atoms with Crippen LogP contribution in [-0.2, 0) is 28.5 Å². The van der Waals surface area contributed by atoms with Crippen molar-refractivity contribution in [1.29, 1.82) is 0 Å². The zero-order valence-corrected chi connectivity index (χ0v) is 35.0. The highest BCUT2D eigenvalue weighted by Crippen LogP contribution is 2.76. The summed E-state index contributed by atoms with van der Waals surface area (Å²) in [5.74, 6) is -0.378. The number of allylic oxidation sites excluding steroid dienone is 1. The summed E-state index contributed by atoms with van der Waals surface area (Å²) in [5.41, 5.74) is -0.856. The second kappa shape index (κ2) is 15.0. The molecule has 0 unspecified atom stereocenters. The second-order valence-corrected chi connectivity index (χ2v) is 21.0. The highest BCUT2D eigenvalue weighted by molar-refractivity contribution is 5.79. The standard InChI is InChI=1S/C43H70O14/c1-38(2)13-15-43(37(52)57-36-33(51)31(49)29(47)25(20-45)55-36)16-14-41(6)21(22(43)18-38)17-23(53-8)34-40(5)11-10-27(39(3,4)26(40)9-12-42(34,41)7)56-35-32(50)30(48)28(46)24(19-44)54-35/h17,22-36,44-51H,9-16,18-20H2,1-8H3/t22-,23+,24+,25+,26+,27-,28+,29+,30+,31+,32+,33+,34-,35-,36-,40-,41+,42+,43-/m0/s1. The summed E-state index contributed by atoms with van der Waals surface area (Å²) in [4.78, 5) is 14.7. The minimum atomic E-state index is -1.68. The smallest absolute Gasteiger partial charge is 0.315 e. The van der Waals surface area contributed by atoms with Gasteiger partial charge in [-0.15, -0.1) is 0 Å². The van der Waals surface area contributed by atoms with Gasteiger partial charge in [-0.1, -0.05) is 60.1 Å². The molecule has 0 aromatic carbocycles. The Kier molecular flexibility index (Phi) is 11.5. The summed E-state index contributed by atoms with van der Waals surface area (Å²) < 4.78 is 30.5. The Balaban J connectivity index is 1.20. The molecule has 57 heavy (non-hydrogen) atoms. The molecule has 0 aromatic rings. The van der Waals surface area contributed by atoms with Crippen molar-refractivity contribution in [2.45, 2.75) is 180 Å². The van der Waals surface area contributed by atoms with Gasteiger partial charge < -0.3 is 64.5 Å². The van der Waals surface area contributed by atoms with Crippen molar-refractivity contribution in [2.24, 2.45) is 50.2 Å². The van der Waals surface area contributed by atoms with E-state index in [1.54, 1.807) is 7.11 Å². The van der Waals surface area contributed by atoms with Gasteiger partial charge in [-0.25, -0.2) is 0 Å². The summed E-state index contributed by atoms with van der Waals surface area (Å²) >= 11 is 0. The van der Waals surface area contributed by atoms with Crippen molar-refractivity contribution in [1.82, 2.24) is 0 Å². The van der Waals surface area contributed by atoms with Crippen LogP contribution in [0.3, 0.4) is 0 Å². The van der Waals surface area contributed by atoms with E-state index in [0.29, 0.717) is 19.3 Å². The lowest BCUT2D eigenvalue weighted by atomic mass is 9.33. The molecule has 19 atom stereocenters. The van der Waals surface area contributed by atoms with Crippen molar-refractivity contribution in [3.63, 3.8) is 0 Å². The van der Waals surface area contributed by atoms with Crippen LogP contribution in [0.4, 0.5) is 0 Å². The maximum absolute atomic E-state index is 14.7. The zero-order chi connectivity index (χ0) is 41.8. The van der Waals surface area contributed by atoms with Crippen molar-refractivity contribution >= 4 is 5.97 Å². The molecule has 2 heterocycles. The first kappa shape index (κ1) is 43.8. The number of hydrogen-bond acceptors (Lipinski definition) is 14. The van der Waals surface area contributed by atoms with E-state index in [4.69, 9.17) is 23.7 Å². The van der Waals surface area contributed by atoms with Gasteiger partial charge in [0.1, 0.15) is 48.8 Å². The summed E-state index contributed by atoms with van der Waals surface area (Å²) in [7, 11) is 1.77. The number of rotatable bonds is 7. The number of carbonyl (C=O) groups excluding carboxylic acids is 1. The third-order valence-corrected chi connectivity index (χ3v) is 17.4. The van der Waals surface area contributed by atoms with Gasteiger partial charge in [0, 0.05) is 13.0 Å². The van der Waals surface area contributed by atoms with E-state index in [9.17, 15) is 45.6 Å². The number of aliphatic hydroxyl groups excluding tert-OH is 8. The maximum atomic E-state index is 14.7. The summed E-state index contributed by atoms with van der Waals surface area (Å²) in [6.07, 6.45) is -5.88. The van der Waals surface area contributed by atoms with E-state index < -0.39 is 86.0 Å². The van der Waals surface area contributed by atoms with E-state index in [-0.39, 0.29) is 57.0 Å². The van der Waals surface area contributed by atoms with E-state index in [2.05, 4.69) is 54.5 Å². The van der Waals surface area contributed by atoms with E-state index in [0.717, 1.165) is 38.5 Å². The van der Waals surface area contributed by atoms with Gasteiger partial charge in [0.05, 0.1) is 30.8 Å². The molecule has 14 nitrogen and oxygen atoms in total. The molecule has 326 valence electrons. The SMILES string of the molecule is CO[C@@H]1C=C2[C@@H]3CC(C)(C)CC[C@]3(C(=O)O[C@@H]3O[C@H](CO)[C@@H](O)[C@@H](O)[C@H]3O)CC[C@@]2(C)[C@]2(C)CC[C@@H]3C(C)(C)[C@@H](O[C@@H]4O[C@H](CO)[C@@H](O)[C@@H](O)[C@H]4O)CC[C@]3(C)[C@H]12. The molecule has 0 aromatic heterocycles. The first-order valence-electron chi connectivity index (χ1n) is 21.3. The van der Waals surface area contributed by atoms with Crippen molar-refractivity contribution in [3.05, 3.63) is 11.6 Å². The number of carbonyl (C=O) groups is 1. The maximum Gasteiger partial charge on any atom is 0.315 e. The van der Waals surface area contributed by atoms with Gasteiger partial charge in [0.25, 0.3) is 0 Å². The monoisotopic (exact) mass is 810 g/mol. The summed E-state index contributed by atoms with van der Waals surface area (Å²) in [6.45, 7) is 15.0. The predicted octanol–water partition coefficient (Wildman–Crippen LogP) is 1.94. The van der Waals surface area contributed by atoms with Crippen LogP contribution >= 0.6 is 0 Å². The fraction of sp³-hybridized carbons (Fsp3) is 0.930. The van der Waals surface area contributed by atoms with Gasteiger partial charge in [0.2, 0.25) is 6.29 Å². The Morgan fingerprint density at radius 2 is 1.32 bits per heavy atom. The van der Waals surface area contributed by atoms with Crippen molar-refractivity contribution in [2.75, 3.05) is 20.3 Å². The Morgan fingerprint density at radius 1 is 0.737 bits per heavy atom. The molecule has 14 heteroatoms. The van der Waals surface area contributed by atoms with Crippen LogP contribution in [0.1, 0.15) is 106 Å². The van der Waals surface area contributed by atoms with E-state index >= 15 is 0 Å². The molecule has 0 spiro atoms. The van der Waals surface area contributed by atoms with Crippen molar-refractivity contribution < 1.29 is 69.3 Å². The van der Waals surface area contributed by atoms with Crippen LogP contribution in [-0.4, -0.2) is 141 Å². The first-order chi connectivity index (χ1) is 26.6. The molecule has 4 saturated carbocycles. The minimum Gasteiger partial charge on any atom is -0.432 e. The molecule has 5 aliphatic carbocycles. The Hall–Kier alpha value is -1.27. The summed E-state index contributed by atoms with van der Waals surface area (Å²) in [6, 6.07) is 0. The van der Waals surface area contributed by atoms with Gasteiger partial charge >= 0.3 is 5.97 Å². The predicted molar refractivity (Wildman–Crippen MR) is 204 cm³/mol. The highest BCUT2D eigenvalue weighted by Gasteiger charge is 2.72. The molecule has 2 aliphatic heterocycles. The van der Waals surface area contributed by atoms with Crippen LogP contribution in [0.5, 0.6) is 0 Å². The van der Waals surface area contributed by atoms with Crippen LogP contribution in [0.15, 0.2) is 11.6 Å². The molecular formula is C43H70O14. The molecular weight excluding hydrogens is 740 g/mol. The molecule has 0 radical (unpaired) electrons. The average Bonchev–Trinajstić information content (AvgIpc) is 3.15. The van der Waals surface area contributed by atoms with Gasteiger partial charge in [-0.05, 0) is 96.7 Å². The molecule has 0 amide bonds.